The molecule has 3 aromatic rings. The molecule has 0 spiro atoms. The van der Waals surface area contributed by atoms with Crippen LogP contribution in [0.2, 0.25) is 5.02 Å². The van der Waals surface area contributed by atoms with Gasteiger partial charge < -0.3 is 0 Å². The van der Waals surface area contributed by atoms with Crippen molar-refractivity contribution in [2.45, 2.75) is 19.8 Å². The Morgan fingerprint density at radius 2 is 1.53 bits per heavy atom. The van der Waals surface area contributed by atoms with E-state index in [-0.39, 0.29) is 5.57 Å². The molecule has 0 saturated carbocycles. The lowest BCUT2D eigenvalue weighted by Crippen LogP contribution is -2.54. The van der Waals surface area contributed by atoms with Crippen molar-refractivity contribution >= 4 is 41.2 Å². The van der Waals surface area contributed by atoms with Gasteiger partial charge in [0, 0.05) is 5.02 Å². The van der Waals surface area contributed by atoms with Crippen molar-refractivity contribution in [2.24, 2.45) is 0 Å². The molecule has 0 unspecified atom stereocenters. The molecule has 1 aliphatic heterocycles. The Kier molecular flexibility index (Phi) is 6.19. The number of aryl methyl sites for hydroxylation is 1. The smallest absolute Gasteiger partial charge is 0.273 e. The van der Waals surface area contributed by atoms with Crippen LogP contribution in [0, 0.1) is 0 Å². The molecule has 1 saturated heterocycles. The number of imide groups is 2. The lowest BCUT2D eigenvalue weighted by atomic mass is 10.0. The number of halogens is 1. The second-order valence-electron chi connectivity index (χ2n) is 7.45. The van der Waals surface area contributed by atoms with Crippen molar-refractivity contribution in [3.05, 3.63) is 106 Å². The van der Waals surface area contributed by atoms with E-state index in [9.17, 15) is 14.4 Å². The number of hydrogen-bond donors (Lipinski definition) is 1. The molecular weight excluding hydrogens is 424 g/mol. The van der Waals surface area contributed by atoms with E-state index >= 15 is 0 Å². The SMILES string of the molecule is CCc1ccccc1N1C(=O)NC(=O)/C(=C/c2ccc(Cc3ccccc3Cl)cc2)C1=O. The zero-order valence-corrected chi connectivity index (χ0v) is 18.2. The van der Waals surface area contributed by atoms with Crippen molar-refractivity contribution in [2.75, 3.05) is 4.90 Å². The molecule has 4 amide bonds. The minimum atomic E-state index is -0.742. The first-order chi connectivity index (χ1) is 15.5. The molecule has 3 aromatic carbocycles. The van der Waals surface area contributed by atoms with Crippen LogP contribution in [0.15, 0.2) is 78.4 Å². The van der Waals surface area contributed by atoms with Gasteiger partial charge in [-0.2, -0.15) is 0 Å². The summed E-state index contributed by atoms with van der Waals surface area (Å²) >= 11 is 6.24. The van der Waals surface area contributed by atoms with Gasteiger partial charge in [0.25, 0.3) is 11.8 Å². The number of carbonyl (C=O) groups is 3. The Bertz CT molecular complexity index is 1230. The van der Waals surface area contributed by atoms with Crippen molar-refractivity contribution in [1.82, 2.24) is 5.32 Å². The maximum Gasteiger partial charge on any atom is 0.335 e. The Balaban J connectivity index is 1.61. The Hall–Kier alpha value is -3.70. The van der Waals surface area contributed by atoms with Crippen LogP contribution in [0.5, 0.6) is 0 Å². The van der Waals surface area contributed by atoms with E-state index in [1.807, 2.05) is 67.6 Å². The van der Waals surface area contributed by atoms with Crippen molar-refractivity contribution < 1.29 is 14.4 Å². The average Bonchev–Trinajstić information content (AvgIpc) is 2.79. The summed E-state index contributed by atoms with van der Waals surface area (Å²) in [5, 5.41) is 2.98. The minimum absolute atomic E-state index is 0.0886. The van der Waals surface area contributed by atoms with E-state index in [4.69, 9.17) is 11.6 Å². The first-order valence-corrected chi connectivity index (χ1v) is 10.7. The molecule has 1 N–H and O–H groups in total. The summed E-state index contributed by atoms with van der Waals surface area (Å²) < 4.78 is 0. The van der Waals surface area contributed by atoms with Crippen LogP contribution in [-0.4, -0.2) is 17.8 Å². The molecule has 6 heteroatoms. The quantitative estimate of drug-likeness (QED) is 0.436. The zero-order valence-electron chi connectivity index (χ0n) is 17.5. The van der Waals surface area contributed by atoms with Crippen LogP contribution in [-0.2, 0) is 22.4 Å². The molecule has 0 radical (unpaired) electrons. The van der Waals surface area contributed by atoms with Crippen molar-refractivity contribution in [1.29, 1.82) is 0 Å². The van der Waals surface area contributed by atoms with Crippen molar-refractivity contribution in [3.8, 4) is 0 Å². The van der Waals surface area contributed by atoms with Gasteiger partial charge in [-0.3, -0.25) is 14.9 Å². The van der Waals surface area contributed by atoms with Gasteiger partial charge in [0.05, 0.1) is 5.69 Å². The highest BCUT2D eigenvalue weighted by Gasteiger charge is 2.37. The van der Waals surface area contributed by atoms with Gasteiger partial charge in [0.15, 0.2) is 0 Å². The molecular formula is C26H21ClN2O3. The number of hydrogen-bond acceptors (Lipinski definition) is 3. The van der Waals surface area contributed by atoms with E-state index in [2.05, 4.69) is 5.32 Å². The molecule has 5 nitrogen and oxygen atoms in total. The summed E-state index contributed by atoms with van der Waals surface area (Å²) in [6.45, 7) is 1.94. The van der Waals surface area contributed by atoms with E-state index in [0.29, 0.717) is 29.1 Å². The van der Waals surface area contributed by atoms with Crippen LogP contribution < -0.4 is 10.2 Å². The predicted octanol–water partition coefficient (Wildman–Crippen LogP) is 5.16. The van der Waals surface area contributed by atoms with Crippen LogP contribution in [0.25, 0.3) is 6.08 Å². The number of para-hydroxylation sites is 1. The van der Waals surface area contributed by atoms with Crippen LogP contribution in [0.4, 0.5) is 10.5 Å². The summed E-state index contributed by atoms with van der Waals surface area (Å²) in [5.41, 5.74) is 3.98. The number of rotatable bonds is 5. The molecule has 1 heterocycles. The van der Waals surface area contributed by atoms with E-state index in [1.54, 1.807) is 12.1 Å². The van der Waals surface area contributed by atoms with Gasteiger partial charge in [-0.15, -0.1) is 0 Å². The standard InChI is InChI=1S/C26H21ClN2O3/c1-2-19-7-4-6-10-23(19)29-25(31)21(24(30)28-26(29)32)16-18-13-11-17(12-14-18)15-20-8-3-5-9-22(20)27/h3-14,16H,2,15H2,1H3,(H,28,30,32)/b21-16-. The van der Waals surface area contributed by atoms with Gasteiger partial charge in [-0.1, -0.05) is 79.2 Å². The summed E-state index contributed by atoms with van der Waals surface area (Å²) in [7, 11) is 0. The molecule has 32 heavy (non-hydrogen) atoms. The normalized spacial score (nSPS) is 15.2. The number of nitrogens with zero attached hydrogens (tertiary/aromatic N) is 1. The van der Waals surface area contributed by atoms with Gasteiger partial charge in [0.2, 0.25) is 0 Å². The number of nitrogens with one attached hydrogen (secondary N) is 1. The molecule has 0 bridgehead atoms. The summed E-state index contributed by atoms with van der Waals surface area (Å²) in [5.74, 6) is -1.34. The van der Waals surface area contributed by atoms with Crippen LogP contribution in [0.1, 0.15) is 29.2 Å². The number of carbonyl (C=O) groups excluding carboxylic acids is 3. The summed E-state index contributed by atoms with van der Waals surface area (Å²) in [6.07, 6.45) is 2.82. The van der Waals surface area contributed by atoms with Crippen LogP contribution in [0.3, 0.4) is 0 Å². The third-order valence-electron chi connectivity index (χ3n) is 5.36. The maximum atomic E-state index is 13.1. The molecule has 160 valence electrons. The fraction of sp³-hybridized carbons (Fsp3) is 0.115. The molecule has 0 aromatic heterocycles. The fourth-order valence-electron chi connectivity index (χ4n) is 3.66. The third kappa shape index (κ3) is 4.34. The molecule has 1 fully saturated rings. The number of barbiturate groups is 1. The summed E-state index contributed by atoms with van der Waals surface area (Å²) in [4.78, 5) is 39.0. The third-order valence-corrected chi connectivity index (χ3v) is 5.73. The average molecular weight is 445 g/mol. The largest absolute Gasteiger partial charge is 0.335 e. The van der Waals surface area contributed by atoms with Gasteiger partial charge in [0.1, 0.15) is 5.57 Å². The number of amides is 4. The molecule has 0 atom stereocenters. The van der Waals surface area contributed by atoms with E-state index in [1.165, 1.54) is 6.08 Å². The lowest BCUT2D eigenvalue weighted by molar-refractivity contribution is -0.122. The second kappa shape index (κ2) is 9.20. The van der Waals surface area contributed by atoms with Crippen LogP contribution >= 0.6 is 11.6 Å². The van der Waals surface area contributed by atoms with Gasteiger partial charge in [-0.25, -0.2) is 9.69 Å². The molecule has 0 aliphatic carbocycles. The zero-order chi connectivity index (χ0) is 22.7. The monoisotopic (exact) mass is 444 g/mol. The van der Waals surface area contributed by atoms with Gasteiger partial charge in [-0.05, 0) is 53.3 Å². The molecule has 4 rings (SSSR count). The second-order valence-corrected chi connectivity index (χ2v) is 7.86. The Morgan fingerprint density at radius 1 is 0.875 bits per heavy atom. The number of benzene rings is 3. The summed E-state index contributed by atoms with van der Waals surface area (Å²) in [6, 6.07) is 21.6. The lowest BCUT2D eigenvalue weighted by Gasteiger charge is -2.28. The highest BCUT2D eigenvalue weighted by molar-refractivity contribution is 6.39. The Morgan fingerprint density at radius 3 is 2.22 bits per heavy atom. The van der Waals surface area contributed by atoms with Gasteiger partial charge >= 0.3 is 6.03 Å². The van der Waals surface area contributed by atoms with Crippen molar-refractivity contribution in [3.63, 3.8) is 0 Å². The topological polar surface area (TPSA) is 66.5 Å². The molecule has 1 aliphatic rings. The highest BCUT2D eigenvalue weighted by Crippen LogP contribution is 2.26. The Labute approximate surface area is 191 Å². The minimum Gasteiger partial charge on any atom is -0.273 e. The fourth-order valence-corrected chi connectivity index (χ4v) is 3.87. The number of urea groups is 1. The predicted molar refractivity (Wildman–Crippen MR) is 126 cm³/mol. The maximum absolute atomic E-state index is 13.1. The number of anilines is 1. The van der Waals surface area contributed by atoms with E-state index < -0.39 is 17.8 Å². The first kappa shape index (κ1) is 21.5. The van der Waals surface area contributed by atoms with E-state index in [0.717, 1.165) is 21.6 Å². The first-order valence-electron chi connectivity index (χ1n) is 10.3. The highest BCUT2D eigenvalue weighted by atomic mass is 35.5.